The summed E-state index contributed by atoms with van der Waals surface area (Å²) in [5.74, 6) is -1.65. The maximum absolute atomic E-state index is 11.6. The van der Waals surface area contributed by atoms with Gasteiger partial charge in [0, 0.05) is 39.4 Å². The molecule has 8 nitrogen and oxygen atoms in total. The Balaban J connectivity index is 4.07. The number of aliphatic carboxylic acids is 1. The summed E-state index contributed by atoms with van der Waals surface area (Å²) in [7, 11) is 0. The zero-order chi connectivity index (χ0) is 16.4. The molecule has 0 aromatic heterocycles. The Labute approximate surface area is 123 Å². The molecule has 0 bridgehead atoms. The van der Waals surface area contributed by atoms with E-state index < -0.39 is 17.9 Å². The average Bonchev–Trinajstić information content (AvgIpc) is 2.38. The molecule has 0 rings (SSSR count). The summed E-state index contributed by atoms with van der Waals surface area (Å²) in [6.07, 6.45) is 0.153. The number of carboxylic acids is 1. The summed E-state index contributed by atoms with van der Waals surface area (Å²) in [4.78, 5) is 45.7. The van der Waals surface area contributed by atoms with Gasteiger partial charge in [0.15, 0.2) is 0 Å². The summed E-state index contributed by atoms with van der Waals surface area (Å²) in [6.45, 7) is 3.63. The van der Waals surface area contributed by atoms with Gasteiger partial charge in [0.25, 0.3) is 0 Å². The van der Waals surface area contributed by atoms with Gasteiger partial charge in [-0.15, -0.1) is 0 Å². The molecule has 0 aliphatic rings. The molecule has 0 radical (unpaired) electrons. The van der Waals surface area contributed by atoms with Crippen molar-refractivity contribution in [2.45, 2.75) is 39.2 Å². The number of hydrogen-bond acceptors (Lipinski definition) is 5. The number of hydrogen-bond donors (Lipinski definition) is 3. The van der Waals surface area contributed by atoms with Crippen LogP contribution < -0.4 is 11.1 Å². The minimum atomic E-state index is -1.01. The highest BCUT2D eigenvalue weighted by atomic mass is 16.4. The molecule has 4 N–H and O–H groups in total. The first-order valence-electron chi connectivity index (χ1n) is 6.74. The topological polar surface area (TPSA) is 130 Å². The maximum atomic E-state index is 11.6. The molecule has 0 saturated heterocycles. The fraction of sp³-hybridized carbons (Fsp3) is 0.692. The fourth-order valence-corrected chi connectivity index (χ4v) is 1.57. The smallest absolute Gasteiger partial charge is 0.303 e. The van der Waals surface area contributed by atoms with Crippen molar-refractivity contribution in [3.8, 4) is 0 Å². The van der Waals surface area contributed by atoms with Crippen LogP contribution in [-0.4, -0.2) is 59.2 Å². The van der Waals surface area contributed by atoms with E-state index in [0.29, 0.717) is 6.54 Å². The molecule has 1 atom stereocenters. The fourth-order valence-electron chi connectivity index (χ4n) is 1.57. The van der Waals surface area contributed by atoms with Gasteiger partial charge >= 0.3 is 5.97 Å². The van der Waals surface area contributed by atoms with Crippen LogP contribution in [-0.2, 0) is 19.2 Å². The van der Waals surface area contributed by atoms with Crippen molar-refractivity contribution in [2.75, 3.05) is 19.6 Å². The monoisotopic (exact) mass is 301 g/mol. The first-order valence-corrected chi connectivity index (χ1v) is 6.74. The van der Waals surface area contributed by atoms with Crippen molar-refractivity contribution < 1.29 is 24.3 Å². The van der Waals surface area contributed by atoms with Crippen molar-refractivity contribution >= 4 is 23.6 Å². The second-order valence-electron chi connectivity index (χ2n) is 4.79. The Morgan fingerprint density at radius 1 is 1.14 bits per heavy atom. The van der Waals surface area contributed by atoms with Crippen molar-refractivity contribution in [1.29, 1.82) is 0 Å². The summed E-state index contributed by atoms with van der Waals surface area (Å²) in [6, 6.07) is -0.885. The number of ketones is 1. The van der Waals surface area contributed by atoms with E-state index >= 15 is 0 Å². The summed E-state index contributed by atoms with van der Waals surface area (Å²) in [5, 5.41) is 11.0. The van der Waals surface area contributed by atoms with Crippen LogP contribution in [0.25, 0.3) is 0 Å². The number of nitrogens with zero attached hydrogens (tertiary/aromatic N) is 1. The number of carboxylic acid groups (broad SMARTS) is 1. The second kappa shape index (κ2) is 9.87. The lowest BCUT2D eigenvalue weighted by Gasteiger charge is -2.21. The van der Waals surface area contributed by atoms with Crippen LogP contribution in [0.15, 0.2) is 0 Å². The highest BCUT2D eigenvalue weighted by Gasteiger charge is 2.15. The van der Waals surface area contributed by atoms with Gasteiger partial charge in [-0.2, -0.15) is 0 Å². The predicted molar refractivity (Wildman–Crippen MR) is 75.4 cm³/mol. The molecule has 0 unspecified atom stereocenters. The van der Waals surface area contributed by atoms with E-state index in [4.69, 9.17) is 10.8 Å². The van der Waals surface area contributed by atoms with E-state index in [9.17, 15) is 19.2 Å². The molecule has 21 heavy (non-hydrogen) atoms. The largest absolute Gasteiger partial charge is 0.481 e. The van der Waals surface area contributed by atoms with Gasteiger partial charge in [0.1, 0.15) is 5.78 Å². The number of amides is 2. The Hall–Kier alpha value is -1.96. The quantitative estimate of drug-likeness (QED) is 0.480. The highest BCUT2D eigenvalue weighted by molar-refractivity contribution is 5.82. The molecular formula is C13H23N3O5. The first-order chi connectivity index (χ1) is 9.73. The molecule has 0 fully saturated rings. The minimum absolute atomic E-state index is 0.0130. The number of carbonyl (C=O) groups excluding carboxylic acids is 3. The lowest BCUT2D eigenvalue weighted by atomic mass is 10.1. The number of nitrogens with two attached hydrogens (primary N) is 1. The third-order valence-corrected chi connectivity index (χ3v) is 2.87. The SMILES string of the molecule is CC(=O)CCN(CCNC(=O)[C@@H](N)CCC(=O)O)C(C)=O. The van der Waals surface area contributed by atoms with E-state index in [1.807, 2.05) is 0 Å². The zero-order valence-corrected chi connectivity index (χ0v) is 12.4. The molecule has 2 amide bonds. The Kier molecular flexibility index (Phi) is 8.95. The maximum Gasteiger partial charge on any atom is 0.303 e. The van der Waals surface area contributed by atoms with Crippen LogP contribution in [0.3, 0.4) is 0 Å². The molecule has 0 saturated carbocycles. The zero-order valence-electron chi connectivity index (χ0n) is 12.4. The van der Waals surface area contributed by atoms with Gasteiger partial charge in [-0.3, -0.25) is 19.2 Å². The van der Waals surface area contributed by atoms with E-state index in [2.05, 4.69) is 5.32 Å². The summed E-state index contributed by atoms with van der Waals surface area (Å²) < 4.78 is 0. The Bertz CT molecular complexity index is 397. The van der Waals surface area contributed by atoms with Crippen molar-refractivity contribution in [1.82, 2.24) is 10.2 Å². The van der Waals surface area contributed by atoms with E-state index in [1.54, 1.807) is 0 Å². The normalized spacial score (nSPS) is 11.6. The van der Waals surface area contributed by atoms with Gasteiger partial charge in [0.2, 0.25) is 11.8 Å². The van der Waals surface area contributed by atoms with Crippen LogP contribution in [0.4, 0.5) is 0 Å². The third kappa shape index (κ3) is 9.55. The number of carbonyl (C=O) groups is 4. The predicted octanol–water partition coefficient (Wildman–Crippen LogP) is -0.878. The third-order valence-electron chi connectivity index (χ3n) is 2.87. The molecule has 0 aliphatic heterocycles. The van der Waals surface area contributed by atoms with Crippen LogP contribution in [0.5, 0.6) is 0 Å². The average molecular weight is 301 g/mol. The van der Waals surface area contributed by atoms with Gasteiger partial charge in [0.05, 0.1) is 6.04 Å². The molecule has 0 spiro atoms. The Morgan fingerprint density at radius 2 is 1.76 bits per heavy atom. The van der Waals surface area contributed by atoms with Crippen molar-refractivity contribution in [3.05, 3.63) is 0 Å². The first kappa shape index (κ1) is 19.0. The molecule has 8 heteroatoms. The molecule has 0 aromatic carbocycles. The van der Waals surface area contributed by atoms with Gasteiger partial charge in [-0.25, -0.2) is 0 Å². The van der Waals surface area contributed by atoms with Crippen LogP contribution >= 0.6 is 0 Å². The number of Topliss-reactive ketones (excluding diaryl/α,β-unsaturated/α-hetero) is 1. The summed E-state index contributed by atoms with van der Waals surface area (Å²) in [5.41, 5.74) is 5.54. The number of rotatable bonds is 10. The molecule has 0 aliphatic carbocycles. The minimum Gasteiger partial charge on any atom is -0.481 e. The second-order valence-corrected chi connectivity index (χ2v) is 4.79. The van der Waals surface area contributed by atoms with E-state index in [1.165, 1.54) is 18.7 Å². The van der Waals surface area contributed by atoms with Crippen molar-refractivity contribution in [3.63, 3.8) is 0 Å². The Morgan fingerprint density at radius 3 is 2.24 bits per heavy atom. The van der Waals surface area contributed by atoms with Gasteiger partial charge in [-0.1, -0.05) is 0 Å². The highest BCUT2D eigenvalue weighted by Crippen LogP contribution is 1.96. The standard InChI is InChI=1S/C13H23N3O5/c1-9(17)5-7-16(10(2)18)8-6-15-13(21)11(14)3-4-12(19)20/h11H,3-8,14H2,1-2H3,(H,15,21)(H,19,20)/t11-/m0/s1. The summed E-state index contributed by atoms with van der Waals surface area (Å²) >= 11 is 0. The van der Waals surface area contributed by atoms with Crippen LogP contribution in [0.1, 0.15) is 33.1 Å². The lowest BCUT2D eigenvalue weighted by molar-refractivity contribution is -0.137. The molecule has 120 valence electrons. The molecule has 0 aromatic rings. The van der Waals surface area contributed by atoms with E-state index in [0.717, 1.165) is 0 Å². The van der Waals surface area contributed by atoms with Gasteiger partial charge < -0.3 is 21.1 Å². The molecular weight excluding hydrogens is 278 g/mol. The van der Waals surface area contributed by atoms with Crippen molar-refractivity contribution in [2.24, 2.45) is 5.73 Å². The lowest BCUT2D eigenvalue weighted by Crippen LogP contribution is -2.44. The van der Waals surface area contributed by atoms with Gasteiger partial charge in [-0.05, 0) is 13.3 Å². The number of nitrogens with one attached hydrogen (secondary N) is 1. The van der Waals surface area contributed by atoms with Crippen LogP contribution in [0.2, 0.25) is 0 Å². The molecule has 0 heterocycles. The van der Waals surface area contributed by atoms with Crippen LogP contribution in [0, 0.1) is 0 Å². The van der Waals surface area contributed by atoms with E-state index in [-0.39, 0.29) is 44.0 Å².